The highest BCUT2D eigenvalue weighted by Crippen LogP contribution is 2.29. The predicted molar refractivity (Wildman–Crippen MR) is 109 cm³/mol. The van der Waals surface area contributed by atoms with E-state index in [-0.39, 0.29) is 5.91 Å². The zero-order chi connectivity index (χ0) is 19.0. The Morgan fingerprint density at radius 2 is 1.89 bits per heavy atom. The van der Waals surface area contributed by atoms with Crippen molar-refractivity contribution in [1.82, 2.24) is 9.78 Å². The normalized spacial score (nSPS) is 12.9. The van der Waals surface area contributed by atoms with E-state index in [4.69, 9.17) is 5.10 Å². The quantitative estimate of drug-likeness (QED) is 0.728. The van der Waals surface area contributed by atoms with Crippen LogP contribution < -0.4 is 5.32 Å². The molecular weight excluding hydrogens is 334 g/mol. The summed E-state index contributed by atoms with van der Waals surface area (Å²) in [6, 6.07) is 14.4. The maximum absolute atomic E-state index is 13.1. The van der Waals surface area contributed by atoms with Gasteiger partial charge in [-0.25, -0.2) is 4.68 Å². The summed E-state index contributed by atoms with van der Waals surface area (Å²) in [6.07, 6.45) is 3.84. The highest BCUT2D eigenvalue weighted by Gasteiger charge is 2.27. The third-order valence-electron chi connectivity index (χ3n) is 5.40. The Kier molecular flexibility index (Phi) is 4.56. The first-order valence-corrected chi connectivity index (χ1v) is 9.66. The van der Waals surface area contributed by atoms with Gasteiger partial charge in [-0.15, -0.1) is 0 Å². The molecule has 0 bridgehead atoms. The molecule has 0 atom stereocenters. The monoisotopic (exact) mass is 359 g/mol. The van der Waals surface area contributed by atoms with Gasteiger partial charge in [0.25, 0.3) is 5.91 Å². The Morgan fingerprint density at radius 3 is 2.63 bits per heavy atom. The van der Waals surface area contributed by atoms with E-state index in [0.29, 0.717) is 5.69 Å². The van der Waals surface area contributed by atoms with Crippen LogP contribution in [0.15, 0.2) is 42.5 Å². The first kappa shape index (κ1) is 17.5. The minimum absolute atomic E-state index is 0.108. The van der Waals surface area contributed by atoms with Crippen LogP contribution in [0.25, 0.3) is 5.69 Å². The first-order valence-electron chi connectivity index (χ1n) is 9.66. The number of aryl methyl sites for hydroxylation is 3. The molecule has 1 aromatic heterocycles. The number of aromatic nitrogens is 2. The van der Waals surface area contributed by atoms with Crippen molar-refractivity contribution in [2.75, 3.05) is 5.32 Å². The molecule has 1 heterocycles. The topological polar surface area (TPSA) is 46.9 Å². The summed E-state index contributed by atoms with van der Waals surface area (Å²) in [7, 11) is 0. The Balaban J connectivity index is 1.72. The van der Waals surface area contributed by atoms with Gasteiger partial charge in [-0.3, -0.25) is 4.79 Å². The van der Waals surface area contributed by atoms with Crippen LogP contribution in [0.3, 0.4) is 0 Å². The fourth-order valence-corrected chi connectivity index (χ4v) is 3.89. The average molecular weight is 359 g/mol. The molecule has 0 radical (unpaired) electrons. The molecule has 1 aliphatic rings. The predicted octanol–water partition coefficient (Wildman–Crippen LogP) is 4.79. The molecule has 0 saturated heterocycles. The lowest BCUT2D eigenvalue weighted by Gasteiger charge is -2.12. The molecule has 3 aromatic rings. The Hall–Kier alpha value is -2.88. The van der Waals surface area contributed by atoms with E-state index in [9.17, 15) is 4.79 Å². The van der Waals surface area contributed by atoms with Crippen LogP contribution in [0.4, 0.5) is 5.69 Å². The fourth-order valence-electron chi connectivity index (χ4n) is 3.89. The van der Waals surface area contributed by atoms with Crippen molar-refractivity contribution in [3.05, 3.63) is 76.1 Å². The zero-order valence-electron chi connectivity index (χ0n) is 16.2. The maximum Gasteiger partial charge on any atom is 0.276 e. The van der Waals surface area contributed by atoms with Gasteiger partial charge in [-0.05, 0) is 62.8 Å². The van der Waals surface area contributed by atoms with Crippen LogP contribution in [0.2, 0.25) is 0 Å². The Bertz CT molecular complexity index is 999. The third kappa shape index (κ3) is 3.16. The molecule has 1 aliphatic carbocycles. The Morgan fingerprint density at radius 1 is 1.11 bits per heavy atom. The van der Waals surface area contributed by atoms with Gasteiger partial charge in [-0.1, -0.05) is 42.8 Å². The molecule has 4 nitrogen and oxygen atoms in total. The summed E-state index contributed by atoms with van der Waals surface area (Å²) >= 11 is 0. The summed E-state index contributed by atoms with van der Waals surface area (Å²) in [5.74, 6) is -0.108. The van der Waals surface area contributed by atoms with E-state index in [2.05, 4.69) is 49.5 Å². The number of rotatable bonds is 4. The molecule has 27 heavy (non-hydrogen) atoms. The number of anilines is 1. The molecule has 4 heteroatoms. The van der Waals surface area contributed by atoms with Crippen LogP contribution in [0, 0.1) is 13.8 Å². The van der Waals surface area contributed by atoms with Crippen molar-refractivity contribution in [3.8, 4) is 5.69 Å². The zero-order valence-corrected chi connectivity index (χ0v) is 16.2. The van der Waals surface area contributed by atoms with E-state index in [1.54, 1.807) is 0 Å². The smallest absolute Gasteiger partial charge is 0.276 e. The lowest BCUT2D eigenvalue weighted by molar-refractivity contribution is 0.102. The third-order valence-corrected chi connectivity index (χ3v) is 5.40. The number of para-hydroxylation sites is 1. The van der Waals surface area contributed by atoms with Crippen molar-refractivity contribution in [2.24, 2.45) is 0 Å². The van der Waals surface area contributed by atoms with Crippen LogP contribution in [0.5, 0.6) is 0 Å². The van der Waals surface area contributed by atoms with Crippen molar-refractivity contribution in [1.29, 1.82) is 0 Å². The van der Waals surface area contributed by atoms with Gasteiger partial charge < -0.3 is 5.32 Å². The number of carbonyl (C=O) groups is 1. The van der Waals surface area contributed by atoms with Crippen LogP contribution in [-0.4, -0.2) is 15.7 Å². The summed E-state index contributed by atoms with van der Waals surface area (Å²) in [4.78, 5) is 13.1. The van der Waals surface area contributed by atoms with Gasteiger partial charge in [0.2, 0.25) is 0 Å². The van der Waals surface area contributed by atoms with Gasteiger partial charge in [-0.2, -0.15) is 5.10 Å². The van der Waals surface area contributed by atoms with Crippen LogP contribution in [-0.2, 0) is 19.3 Å². The van der Waals surface area contributed by atoms with Crippen molar-refractivity contribution >= 4 is 11.6 Å². The highest BCUT2D eigenvalue weighted by atomic mass is 16.2. The fraction of sp³-hybridized carbons (Fsp3) is 0.304. The molecular formula is C23H25N3O. The van der Waals surface area contributed by atoms with Gasteiger partial charge in [0.05, 0.1) is 5.69 Å². The summed E-state index contributed by atoms with van der Waals surface area (Å²) in [5, 5.41) is 7.85. The van der Waals surface area contributed by atoms with E-state index in [1.807, 2.05) is 23.7 Å². The number of benzene rings is 2. The molecule has 138 valence electrons. The second-order valence-corrected chi connectivity index (χ2v) is 7.29. The van der Waals surface area contributed by atoms with E-state index < -0.39 is 0 Å². The number of carbonyl (C=O) groups excluding carboxylic acids is 1. The largest absolute Gasteiger partial charge is 0.320 e. The average Bonchev–Trinajstić information content (AvgIpc) is 3.26. The van der Waals surface area contributed by atoms with Crippen molar-refractivity contribution < 1.29 is 4.79 Å². The lowest BCUT2D eigenvalue weighted by atomic mass is 10.1. The molecule has 4 rings (SSSR count). The van der Waals surface area contributed by atoms with Gasteiger partial charge >= 0.3 is 0 Å². The molecule has 2 aromatic carbocycles. The van der Waals surface area contributed by atoms with E-state index in [1.165, 1.54) is 11.3 Å². The SMILES string of the molecule is CCc1cccc(C)c1NC(=O)c1nn(-c2ccc(C)cc2)c2c1CCC2. The molecule has 0 aliphatic heterocycles. The van der Waals surface area contributed by atoms with Crippen LogP contribution >= 0.6 is 0 Å². The lowest BCUT2D eigenvalue weighted by Crippen LogP contribution is -2.17. The highest BCUT2D eigenvalue weighted by molar-refractivity contribution is 6.05. The minimum Gasteiger partial charge on any atom is -0.320 e. The summed E-state index contributed by atoms with van der Waals surface area (Å²) in [6.45, 7) is 6.21. The molecule has 0 unspecified atom stereocenters. The number of hydrogen-bond donors (Lipinski definition) is 1. The minimum atomic E-state index is -0.108. The molecule has 1 N–H and O–H groups in total. The first-order chi connectivity index (χ1) is 13.1. The summed E-state index contributed by atoms with van der Waals surface area (Å²) < 4.78 is 1.95. The van der Waals surface area contributed by atoms with Crippen molar-refractivity contribution in [2.45, 2.75) is 46.5 Å². The second-order valence-electron chi connectivity index (χ2n) is 7.29. The van der Waals surface area contributed by atoms with E-state index in [0.717, 1.165) is 53.7 Å². The van der Waals surface area contributed by atoms with Crippen molar-refractivity contribution in [3.63, 3.8) is 0 Å². The molecule has 0 saturated carbocycles. The standard InChI is InChI=1S/C23H25N3O/c1-4-17-8-5-7-16(3)21(17)24-23(27)22-19-9-6-10-20(19)26(25-22)18-13-11-15(2)12-14-18/h5,7-8,11-14H,4,6,9-10H2,1-3H3,(H,24,27). The van der Waals surface area contributed by atoms with Crippen LogP contribution in [0.1, 0.15) is 51.8 Å². The number of hydrogen-bond acceptors (Lipinski definition) is 2. The summed E-state index contributed by atoms with van der Waals surface area (Å²) in [5.41, 5.74) is 8.21. The molecule has 0 spiro atoms. The van der Waals surface area contributed by atoms with E-state index >= 15 is 0 Å². The number of nitrogens with one attached hydrogen (secondary N) is 1. The maximum atomic E-state index is 13.1. The molecule has 1 amide bonds. The Labute approximate surface area is 160 Å². The van der Waals surface area contributed by atoms with Gasteiger partial charge in [0.1, 0.15) is 0 Å². The second kappa shape index (κ2) is 7.03. The van der Waals surface area contributed by atoms with Gasteiger partial charge in [0.15, 0.2) is 5.69 Å². The number of nitrogens with zero attached hydrogens (tertiary/aromatic N) is 2. The molecule has 0 fully saturated rings. The number of amides is 1. The number of fused-ring (bicyclic) bond motifs is 1. The van der Waals surface area contributed by atoms with Gasteiger partial charge in [0, 0.05) is 16.9 Å².